The quantitative estimate of drug-likeness (QED) is 0.735. The zero-order valence-corrected chi connectivity index (χ0v) is 11.1. The molecule has 1 aliphatic rings. The topological polar surface area (TPSA) is 15.3 Å². The molecule has 16 heavy (non-hydrogen) atoms. The molecule has 0 atom stereocenters. The van der Waals surface area contributed by atoms with Crippen molar-refractivity contribution in [2.45, 2.75) is 45.3 Å². The van der Waals surface area contributed by atoms with E-state index >= 15 is 0 Å². The molecule has 1 aromatic rings. The van der Waals surface area contributed by atoms with Crippen LogP contribution in [-0.4, -0.2) is 30.1 Å². The van der Waals surface area contributed by atoms with Crippen molar-refractivity contribution in [3.05, 3.63) is 22.4 Å². The van der Waals surface area contributed by atoms with Crippen LogP contribution in [0.5, 0.6) is 0 Å². The first kappa shape index (κ1) is 12.1. The molecule has 3 heteroatoms. The Hall–Kier alpha value is -0.380. The molecule has 0 aromatic carbocycles. The van der Waals surface area contributed by atoms with Crippen LogP contribution >= 0.6 is 11.3 Å². The third-order valence-corrected chi connectivity index (χ3v) is 3.87. The van der Waals surface area contributed by atoms with Crippen molar-refractivity contribution in [1.29, 1.82) is 0 Å². The molecule has 90 valence electrons. The molecule has 1 saturated carbocycles. The second-order valence-corrected chi connectivity index (χ2v) is 5.65. The van der Waals surface area contributed by atoms with E-state index in [-0.39, 0.29) is 0 Å². The van der Waals surface area contributed by atoms with Gasteiger partial charge in [-0.15, -0.1) is 0 Å². The molecule has 0 unspecified atom stereocenters. The van der Waals surface area contributed by atoms with Gasteiger partial charge in [-0.3, -0.25) is 4.90 Å². The summed E-state index contributed by atoms with van der Waals surface area (Å²) >= 11 is 1.77. The summed E-state index contributed by atoms with van der Waals surface area (Å²) in [6.07, 6.45) is 2.81. The van der Waals surface area contributed by atoms with Crippen molar-refractivity contribution in [3.63, 3.8) is 0 Å². The molecule has 1 heterocycles. The molecule has 1 N–H and O–H groups in total. The summed E-state index contributed by atoms with van der Waals surface area (Å²) in [5.74, 6) is 0. The number of nitrogens with zero attached hydrogens (tertiary/aromatic N) is 1. The maximum Gasteiger partial charge on any atom is 0.0214 e. The van der Waals surface area contributed by atoms with Gasteiger partial charge in [0, 0.05) is 31.7 Å². The van der Waals surface area contributed by atoms with E-state index < -0.39 is 0 Å². The summed E-state index contributed by atoms with van der Waals surface area (Å²) < 4.78 is 0. The van der Waals surface area contributed by atoms with Crippen LogP contribution in [0.2, 0.25) is 0 Å². The zero-order chi connectivity index (χ0) is 11.4. The third kappa shape index (κ3) is 3.58. The van der Waals surface area contributed by atoms with Gasteiger partial charge in [-0.05, 0) is 49.1 Å². The molecular weight excluding hydrogens is 216 g/mol. The number of nitrogens with one attached hydrogen (secondary N) is 1. The lowest BCUT2D eigenvalue weighted by Gasteiger charge is -2.26. The van der Waals surface area contributed by atoms with E-state index in [1.807, 2.05) is 0 Å². The normalized spacial score (nSPS) is 16.2. The number of hydrogen-bond acceptors (Lipinski definition) is 3. The van der Waals surface area contributed by atoms with E-state index in [0.29, 0.717) is 6.04 Å². The molecular formula is C13H22N2S. The molecule has 1 fully saturated rings. The van der Waals surface area contributed by atoms with Gasteiger partial charge in [0.25, 0.3) is 0 Å². The third-order valence-electron chi connectivity index (χ3n) is 3.14. The second-order valence-electron chi connectivity index (χ2n) is 4.87. The highest BCUT2D eigenvalue weighted by molar-refractivity contribution is 7.07. The van der Waals surface area contributed by atoms with E-state index in [1.54, 1.807) is 11.3 Å². The lowest BCUT2D eigenvalue weighted by Crippen LogP contribution is -2.38. The van der Waals surface area contributed by atoms with E-state index in [9.17, 15) is 0 Å². The van der Waals surface area contributed by atoms with Crippen LogP contribution in [0.15, 0.2) is 16.8 Å². The maximum atomic E-state index is 3.52. The number of hydrogen-bond donors (Lipinski definition) is 1. The fourth-order valence-electron chi connectivity index (χ4n) is 2.10. The van der Waals surface area contributed by atoms with E-state index in [1.165, 1.54) is 24.9 Å². The van der Waals surface area contributed by atoms with Gasteiger partial charge in [-0.1, -0.05) is 0 Å². The van der Waals surface area contributed by atoms with Crippen LogP contribution in [0.4, 0.5) is 0 Å². The monoisotopic (exact) mass is 238 g/mol. The fraction of sp³-hybridized carbons (Fsp3) is 0.692. The first-order valence-electron chi connectivity index (χ1n) is 6.25. The molecule has 0 aliphatic heterocycles. The Balaban J connectivity index is 1.63. The minimum atomic E-state index is 0.690. The minimum absolute atomic E-state index is 0.690. The SMILES string of the molecule is CC(C)N(CCNCc1ccsc1)C1CC1. The summed E-state index contributed by atoms with van der Waals surface area (Å²) in [5, 5.41) is 7.88. The molecule has 0 amide bonds. The lowest BCUT2D eigenvalue weighted by atomic mass is 10.3. The van der Waals surface area contributed by atoms with Gasteiger partial charge in [0.05, 0.1) is 0 Å². The van der Waals surface area contributed by atoms with Gasteiger partial charge in [-0.2, -0.15) is 11.3 Å². The maximum absolute atomic E-state index is 3.52. The summed E-state index contributed by atoms with van der Waals surface area (Å²) in [6, 6.07) is 3.76. The lowest BCUT2D eigenvalue weighted by molar-refractivity contribution is 0.211. The fourth-order valence-corrected chi connectivity index (χ4v) is 2.77. The molecule has 1 aliphatic carbocycles. The van der Waals surface area contributed by atoms with Crippen molar-refractivity contribution in [2.75, 3.05) is 13.1 Å². The highest BCUT2D eigenvalue weighted by Gasteiger charge is 2.29. The summed E-state index contributed by atoms with van der Waals surface area (Å²) in [4.78, 5) is 2.63. The number of thiophene rings is 1. The summed E-state index contributed by atoms with van der Waals surface area (Å²) in [7, 11) is 0. The molecule has 2 nitrogen and oxygen atoms in total. The van der Waals surface area contributed by atoms with Gasteiger partial charge in [-0.25, -0.2) is 0 Å². The minimum Gasteiger partial charge on any atom is -0.311 e. The first-order valence-corrected chi connectivity index (χ1v) is 7.19. The Kier molecular flexibility index (Phi) is 4.38. The van der Waals surface area contributed by atoms with Gasteiger partial charge in [0.2, 0.25) is 0 Å². The van der Waals surface area contributed by atoms with Crippen molar-refractivity contribution in [1.82, 2.24) is 10.2 Å². The molecule has 1 aromatic heterocycles. The average Bonchev–Trinajstić information content (AvgIpc) is 2.94. The van der Waals surface area contributed by atoms with Gasteiger partial charge < -0.3 is 5.32 Å². The Morgan fingerprint density at radius 1 is 1.50 bits per heavy atom. The van der Waals surface area contributed by atoms with Crippen molar-refractivity contribution in [3.8, 4) is 0 Å². The van der Waals surface area contributed by atoms with Crippen LogP contribution in [0.1, 0.15) is 32.3 Å². The van der Waals surface area contributed by atoms with Crippen LogP contribution in [0.3, 0.4) is 0 Å². The average molecular weight is 238 g/mol. The largest absolute Gasteiger partial charge is 0.311 e. The van der Waals surface area contributed by atoms with Gasteiger partial charge >= 0.3 is 0 Å². The first-order chi connectivity index (χ1) is 7.77. The van der Waals surface area contributed by atoms with Crippen LogP contribution in [-0.2, 0) is 6.54 Å². The molecule has 2 rings (SSSR count). The predicted octanol–water partition coefficient (Wildman–Crippen LogP) is 2.71. The highest BCUT2D eigenvalue weighted by Crippen LogP contribution is 2.27. The molecule has 0 saturated heterocycles. The Bertz CT molecular complexity index is 289. The van der Waals surface area contributed by atoms with Crippen molar-refractivity contribution >= 4 is 11.3 Å². The predicted molar refractivity (Wildman–Crippen MR) is 70.9 cm³/mol. The van der Waals surface area contributed by atoms with Gasteiger partial charge in [0.1, 0.15) is 0 Å². The highest BCUT2D eigenvalue weighted by atomic mass is 32.1. The number of rotatable bonds is 7. The smallest absolute Gasteiger partial charge is 0.0214 e. The van der Waals surface area contributed by atoms with E-state index in [0.717, 1.165) is 19.1 Å². The summed E-state index contributed by atoms with van der Waals surface area (Å²) in [6.45, 7) is 7.91. The standard InChI is InChI=1S/C13H22N2S/c1-11(2)15(13-3-4-13)7-6-14-9-12-5-8-16-10-12/h5,8,10-11,13-14H,3-4,6-7,9H2,1-2H3. The van der Waals surface area contributed by atoms with E-state index in [4.69, 9.17) is 0 Å². The Morgan fingerprint density at radius 2 is 2.31 bits per heavy atom. The van der Waals surface area contributed by atoms with E-state index in [2.05, 4.69) is 40.9 Å². The molecule has 0 spiro atoms. The van der Waals surface area contributed by atoms with Crippen LogP contribution in [0, 0.1) is 0 Å². The molecule has 0 bridgehead atoms. The van der Waals surface area contributed by atoms with Crippen LogP contribution in [0.25, 0.3) is 0 Å². The zero-order valence-electron chi connectivity index (χ0n) is 10.3. The van der Waals surface area contributed by atoms with Crippen molar-refractivity contribution < 1.29 is 0 Å². The summed E-state index contributed by atoms with van der Waals surface area (Å²) in [5.41, 5.74) is 1.41. The Morgan fingerprint density at radius 3 is 2.88 bits per heavy atom. The second kappa shape index (κ2) is 5.80. The van der Waals surface area contributed by atoms with Crippen LogP contribution < -0.4 is 5.32 Å². The molecule has 0 radical (unpaired) electrons. The Labute approximate surface area is 103 Å². The van der Waals surface area contributed by atoms with Crippen molar-refractivity contribution in [2.24, 2.45) is 0 Å². The van der Waals surface area contributed by atoms with Gasteiger partial charge in [0.15, 0.2) is 0 Å².